The van der Waals surface area contributed by atoms with Gasteiger partial charge < -0.3 is 14.2 Å². The van der Waals surface area contributed by atoms with E-state index in [2.05, 4.69) is 10.4 Å². The van der Waals surface area contributed by atoms with E-state index in [1.807, 2.05) is 12.1 Å². The predicted molar refractivity (Wildman–Crippen MR) is 75.3 cm³/mol. The summed E-state index contributed by atoms with van der Waals surface area (Å²) in [5.74, 6) is 0.792. The lowest BCUT2D eigenvalue weighted by atomic mass is 10.1. The molecule has 0 unspecified atom stereocenters. The minimum Gasteiger partial charge on any atom is -0.490 e. The second-order valence-corrected chi connectivity index (χ2v) is 5.28. The van der Waals surface area contributed by atoms with Crippen molar-refractivity contribution >= 4 is 17.5 Å². The number of rotatable bonds is 3. The van der Waals surface area contributed by atoms with Crippen LogP contribution in [0, 0.1) is 0 Å². The number of benzene rings is 1. The van der Waals surface area contributed by atoms with Crippen LogP contribution in [0.2, 0.25) is 5.02 Å². The fourth-order valence-electron chi connectivity index (χ4n) is 2.30. The van der Waals surface area contributed by atoms with Crippen LogP contribution in [0.3, 0.4) is 0 Å². The fourth-order valence-corrected chi connectivity index (χ4v) is 2.43. The summed E-state index contributed by atoms with van der Waals surface area (Å²) in [6.45, 7) is 1.25. The molecule has 1 aliphatic rings. The molecule has 21 heavy (non-hydrogen) atoms. The van der Waals surface area contributed by atoms with E-state index in [0.29, 0.717) is 18.1 Å². The van der Waals surface area contributed by atoms with Crippen molar-refractivity contribution in [2.75, 3.05) is 13.1 Å². The van der Waals surface area contributed by atoms with Gasteiger partial charge in [-0.1, -0.05) is 11.6 Å². The Labute approximate surface area is 126 Å². The number of amides is 1. The van der Waals surface area contributed by atoms with Gasteiger partial charge in [-0.25, -0.2) is 0 Å². The maximum Gasteiger partial charge on any atom is 0.294 e. The quantitative estimate of drug-likeness (QED) is 0.871. The van der Waals surface area contributed by atoms with Crippen LogP contribution in [-0.4, -0.2) is 40.4 Å². The highest BCUT2D eigenvalue weighted by Gasteiger charge is 2.26. The number of halogens is 1. The molecule has 1 aromatic heterocycles. The third-order valence-corrected chi connectivity index (χ3v) is 3.67. The average molecular weight is 308 g/mol. The van der Waals surface area contributed by atoms with Crippen molar-refractivity contribution in [3.05, 3.63) is 41.2 Å². The Morgan fingerprint density at radius 1 is 1.29 bits per heavy atom. The maximum absolute atomic E-state index is 12.1. The molecule has 0 saturated carbocycles. The van der Waals surface area contributed by atoms with Crippen molar-refractivity contribution in [1.82, 2.24) is 15.3 Å². The number of likely N-dealkylation sites (tertiary alicyclic amines) is 1. The second-order valence-electron chi connectivity index (χ2n) is 4.85. The zero-order chi connectivity index (χ0) is 14.7. The van der Waals surface area contributed by atoms with E-state index in [-0.39, 0.29) is 17.8 Å². The summed E-state index contributed by atoms with van der Waals surface area (Å²) in [4.78, 5) is 13.8. The maximum atomic E-state index is 12.1. The van der Waals surface area contributed by atoms with Gasteiger partial charge in [0.2, 0.25) is 5.76 Å². The molecule has 0 bridgehead atoms. The van der Waals surface area contributed by atoms with Gasteiger partial charge in [-0.2, -0.15) is 0 Å². The molecule has 0 aliphatic carbocycles. The summed E-state index contributed by atoms with van der Waals surface area (Å²) < 4.78 is 10.7. The van der Waals surface area contributed by atoms with E-state index in [1.54, 1.807) is 17.0 Å². The molecule has 2 aromatic rings. The van der Waals surface area contributed by atoms with Gasteiger partial charge in [0.25, 0.3) is 5.91 Å². The van der Waals surface area contributed by atoms with Crippen LogP contribution in [0.5, 0.6) is 5.75 Å². The Kier molecular flexibility index (Phi) is 4.06. The number of piperidine rings is 1. The lowest BCUT2D eigenvalue weighted by Crippen LogP contribution is -2.41. The standard InChI is InChI=1S/C14H14ClN3O3/c15-10-1-3-11(4-2-10)20-12-5-7-18(8-6-12)14(19)13-9-16-17-21-13/h1-4,9,12H,5-8H2. The van der Waals surface area contributed by atoms with Crippen molar-refractivity contribution in [1.29, 1.82) is 0 Å². The SMILES string of the molecule is O=C(c1cnno1)N1CCC(Oc2ccc(Cl)cc2)CC1. The first-order valence-electron chi connectivity index (χ1n) is 6.71. The number of carbonyl (C=O) groups excluding carboxylic acids is 1. The van der Waals surface area contributed by atoms with Crippen molar-refractivity contribution in [2.45, 2.75) is 18.9 Å². The van der Waals surface area contributed by atoms with E-state index in [4.69, 9.17) is 20.9 Å². The molecule has 0 atom stereocenters. The molecule has 7 heteroatoms. The first-order chi connectivity index (χ1) is 10.2. The van der Waals surface area contributed by atoms with Gasteiger partial charge in [-0.15, -0.1) is 5.10 Å². The molecule has 1 saturated heterocycles. The largest absolute Gasteiger partial charge is 0.490 e. The highest BCUT2D eigenvalue weighted by molar-refractivity contribution is 6.30. The van der Waals surface area contributed by atoms with E-state index in [1.165, 1.54) is 6.20 Å². The smallest absolute Gasteiger partial charge is 0.294 e. The van der Waals surface area contributed by atoms with Crippen molar-refractivity contribution in [3.8, 4) is 5.75 Å². The van der Waals surface area contributed by atoms with Gasteiger partial charge in [-0.3, -0.25) is 4.79 Å². The molecular weight excluding hydrogens is 294 g/mol. The first kappa shape index (κ1) is 13.9. The molecule has 0 radical (unpaired) electrons. The molecule has 2 heterocycles. The summed E-state index contributed by atoms with van der Waals surface area (Å²) in [7, 11) is 0. The third kappa shape index (κ3) is 3.33. The predicted octanol–water partition coefficient (Wildman–Crippen LogP) is 2.41. The Balaban J connectivity index is 1.53. The first-order valence-corrected chi connectivity index (χ1v) is 7.09. The fraction of sp³-hybridized carbons (Fsp3) is 0.357. The van der Waals surface area contributed by atoms with Gasteiger partial charge >= 0.3 is 0 Å². The Bertz CT molecular complexity index is 592. The topological polar surface area (TPSA) is 68.5 Å². The Morgan fingerprint density at radius 2 is 2.00 bits per heavy atom. The van der Waals surface area contributed by atoms with Gasteiger partial charge in [0.05, 0.1) is 0 Å². The van der Waals surface area contributed by atoms with Gasteiger partial charge in [-0.05, 0) is 24.3 Å². The number of nitrogens with zero attached hydrogens (tertiary/aromatic N) is 3. The molecule has 1 amide bonds. The highest BCUT2D eigenvalue weighted by Crippen LogP contribution is 2.21. The van der Waals surface area contributed by atoms with Gasteiger partial charge in [0, 0.05) is 36.2 Å². The normalized spacial score (nSPS) is 16.0. The summed E-state index contributed by atoms with van der Waals surface area (Å²) in [5.41, 5.74) is 0. The monoisotopic (exact) mass is 307 g/mol. The molecule has 110 valence electrons. The molecule has 1 fully saturated rings. The molecule has 3 rings (SSSR count). The van der Waals surface area contributed by atoms with Crippen molar-refractivity contribution < 1.29 is 14.1 Å². The van der Waals surface area contributed by atoms with Crippen LogP contribution in [0.1, 0.15) is 23.4 Å². The zero-order valence-electron chi connectivity index (χ0n) is 11.2. The van der Waals surface area contributed by atoms with Crippen LogP contribution in [-0.2, 0) is 0 Å². The number of hydrogen-bond acceptors (Lipinski definition) is 5. The summed E-state index contributed by atoms with van der Waals surface area (Å²) in [6.07, 6.45) is 2.98. The molecule has 6 nitrogen and oxygen atoms in total. The van der Waals surface area contributed by atoms with E-state index in [0.717, 1.165) is 18.6 Å². The lowest BCUT2D eigenvalue weighted by Gasteiger charge is -2.31. The van der Waals surface area contributed by atoms with Crippen LogP contribution in [0.15, 0.2) is 35.0 Å². The molecule has 1 aliphatic heterocycles. The van der Waals surface area contributed by atoms with E-state index >= 15 is 0 Å². The van der Waals surface area contributed by atoms with Crippen molar-refractivity contribution in [3.63, 3.8) is 0 Å². The molecule has 1 aromatic carbocycles. The van der Waals surface area contributed by atoms with Crippen LogP contribution < -0.4 is 4.74 Å². The minimum atomic E-state index is -0.176. The summed E-state index contributed by atoms with van der Waals surface area (Å²) in [6, 6.07) is 7.29. The van der Waals surface area contributed by atoms with Crippen molar-refractivity contribution in [2.24, 2.45) is 0 Å². The van der Waals surface area contributed by atoms with Crippen LogP contribution in [0.4, 0.5) is 0 Å². The minimum absolute atomic E-state index is 0.100. The number of carbonyl (C=O) groups is 1. The Morgan fingerprint density at radius 3 is 2.62 bits per heavy atom. The van der Waals surface area contributed by atoms with E-state index < -0.39 is 0 Å². The number of aromatic nitrogens is 2. The highest BCUT2D eigenvalue weighted by atomic mass is 35.5. The van der Waals surface area contributed by atoms with E-state index in [9.17, 15) is 4.79 Å². The van der Waals surface area contributed by atoms with Gasteiger partial charge in [0.15, 0.2) is 0 Å². The van der Waals surface area contributed by atoms with Crippen LogP contribution >= 0.6 is 11.6 Å². The molecule has 0 N–H and O–H groups in total. The number of ether oxygens (including phenoxy) is 1. The lowest BCUT2D eigenvalue weighted by molar-refractivity contribution is 0.0558. The van der Waals surface area contributed by atoms with Gasteiger partial charge in [0.1, 0.15) is 18.1 Å². The average Bonchev–Trinajstić information content (AvgIpc) is 3.04. The van der Waals surface area contributed by atoms with Crippen LogP contribution in [0.25, 0.3) is 0 Å². The summed E-state index contributed by atoms with van der Waals surface area (Å²) >= 11 is 5.84. The molecule has 0 spiro atoms. The zero-order valence-corrected chi connectivity index (χ0v) is 12.0. The second kappa shape index (κ2) is 6.13. The number of hydrogen-bond donors (Lipinski definition) is 0. The third-order valence-electron chi connectivity index (χ3n) is 3.42. The molecular formula is C14H14ClN3O3. The Hall–Kier alpha value is -2.08. The summed E-state index contributed by atoms with van der Waals surface area (Å²) in [5, 5.41) is 7.51.